The van der Waals surface area contributed by atoms with Gasteiger partial charge in [-0.15, -0.1) is 0 Å². The van der Waals surface area contributed by atoms with Crippen molar-refractivity contribution in [2.45, 2.75) is 19.9 Å². The highest BCUT2D eigenvalue weighted by Gasteiger charge is 2.08. The first-order chi connectivity index (χ1) is 9.22. The Balaban J connectivity index is 1.85. The second-order valence-electron chi connectivity index (χ2n) is 4.78. The number of nitrogen functional groups attached to an aromatic ring is 1. The summed E-state index contributed by atoms with van der Waals surface area (Å²) in [6.45, 7) is 3.90. The molecule has 3 rings (SSSR count). The molecule has 0 spiro atoms. The lowest BCUT2D eigenvalue weighted by Gasteiger charge is -2.16. The van der Waals surface area contributed by atoms with E-state index in [0.717, 1.165) is 30.8 Å². The molecule has 0 atom stereocenters. The van der Waals surface area contributed by atoms with Crippen molar-refractivity contribution in [1.82, 2.24) is 15.0 Å². The van der Waals surface area contributed by atoms with Gasteiger partial charge in [0, 0.05) is 6.54 Å². The molecule has 3 N–H and O–H groups in total. The Morgan fingerprint density at radius 1 is 1.42 bits per heavy atom. The molecule has 2 heterocycles. The molecule has 0 amide bonds. The standard InChI is InChI=1S/C14H17N5/c1-10-9-19(14(15)18-10)17-7-11-2-3-13-8-16-5-4-12(13)6-11/h2-3,6-7,9,16H,4-5,8H2,1H3,(H2,15,18). The first-order valence-corrected chi connectivity index (χ1v) is 6.41. The van der Waals surface area contributed by atoms with Gasteiger partial charge >= 0.3 is 0 Å². The maximum Gasteiger partial charge on any atom is 0.221 e. The molecule has 0 unspecified atom stereocenters. The van der Waals surface area contributed by atoms with Crippen LogP contribution in [0.25, 0.3) is 0 Å². The Morgan fingerprint density at radius 3 is 3.11 bits per heavy atom. The number of hydrogen-bond acceptors (Lipinski definition) is 4. The highest BCUT2D eigenvalue weighted by molar-refractivity contribution is 5.80. The first-order valence-electron chi connectivity index (χ1n) is 6.41. The lowest BCUT2D eigenvalue weighted by atomic mass is 9.99. The molecule has 0 saturated heterocycles. The molecular weight excluding hydrogens is 238 g/mol. The van der Waals surface area contributed by atoms with Crippen molar-refractivity contribution in [1.29, 1.82) is 0 Å². The summed E-state index contributed by atoms with van der Waals surface area (Å²) in [5.74, 6) is 0.413. The van der Waals surface area contributed by atoms with Crippen molar-refractivity contribution < 1.29 is 0 Å². The molecule has 19 heavy (non-hydrogen) atoms. The summed E-state index contributed by atoms with van der Waals surface area (Å²) >= 11 is 0. The number of nitrogens with one attached hydrogen (secondary N) is 1. The lowest BCUT2D eigenvalue weighted by Crippen LogP contribution is -2.23. The second-order valence-corrected chi connectivity index (χ2v) is 4.78. The van der Waals surface area contributed by atoms with Gasteiger partial charge in [-0.1, -0.05) is 12.1 Å². The molecule has 1 aliphatic heterocycles. The average Bonchev–Trinajstić information content (AvgIpc) is 2.74. The van der Waals surface area contributed by atoms with E-state index in [1.807, 2.05) is 19.3 Å². The van der Waals surface area contributed by atoms with Crippen LogP contribution < -0.4 is 11.1 Å². The molecule has 1 aromatic carbocycles. The zero-order valence-corrected chi connectivity index (χ0v) is 10.9. The number of hydrogen-bond donors (Lipinski definition) is 2. The number of aryl methyl sites for hydroxylation is 1. The minimum absolute atomic E-state index is 0.413. The number of anilines is 1. The number of aromatic nitrogens is 2. The van der Waals surface area contributed by atoms with Gasteiger partial charge in [0.05, 0.1) is 18.1 Å². The van der Waals surface area contributed by atoms with Gasteiger partial charge in [-0.25, -0.2) is 9.66 Å². The van der Waals surface area contributed by atoms with Crippen LogP contribution in [0.4, 0.5) is 5.95 Å². The van der Waals surface area contributed by atoms with E-state index in [1.54, 1.807) is 4.68 Å². The van der Waals surface area contributed by atoms with Crippen molar-refractivity contribution in [2.24, 2.45) is 5.10 Å². The predicted octanol–water partition coefficient (Wildman–Crippen LogP) is 1.30. The van der Waals surface area contributed by atoms with Crippen molar-refractivity contribution >= 4 is 12.2 Å². The average molecular weight is 255 g/mol. The summed E-state index contributed by atoms with van der Waals surface area (Å²) in [5, 5.41) is 7.70. The van der Waals surface area contributed by atoms with Gasteiger partial charge in [-0.3, -0.25) is 0 Å². The van der Waals surface area contributed by atoms with E-state index < -0.39 is 0 Å². The van der Waals surface area contributed by atoms with Gasteiger partial charge < -0.3 is 11.1 Å². The van der Waals surface area contributed by atoms with Crippen molar-refractivity contribution in [3.05, 3.63) is 46.8 Å². The molecule has 2 aromatic rings. The number of imidazole rings is 1. The molecule has 0 bridgehead atoms. The normalized spacial score (nSPS) is 14.8. The van der Waals surface area contributed by atoms with Crippen LogP contribution in [0, 0.1) is 6.92 Å². The first kappa shape index (κ1) is 11.9. The zero-order valence-electron chi connectivity index (χ0n) is 10.9. The van der Waals surface area contributed by atoms with Gasteiger partial charge in [0.1, 0.15) is 0 Å². The Labute approximate surface area is 112 Å². The maximum atomic E-state index is 5.75. The van der Waals surface area contributed by atoms with Crippen LogP contribution in [-0.4, -0.2) is 22.4 Å². The molecule has 1 aromatic heterocycles. The monoisotopic (exact) mass is 255 g/mol. The van der Waals surface area contributed by atoms with Gasteiger partial charge in [0.2, 0.25) is 5.95 Å². The topological polar surface area (TPSA) is 68.2 Å². The van der Waals surface area contributed by atoms with Gasteiger partial charge in [0.15, 0.2) is 0 Å². The number of rotatable bonds is 2. The summed E-state index contributed by atoms with van der Waals surface area (Å²) in [7, 11) is 0. The summed E-state index contributed by atoms with van der Waals surface area (Å²) in [6.07, 6.45) is 4.71. The van der Waals surface area contributed by atoms with Crippen molar-refractivity contribution in [2.75, 3.05) is 12.3 Å². The minimum atomic E-state index is 0.413. The van der Waals surface area contributed by atoms with E-state index in [-0.39, 0.29) is 0 Å². The number of fused-ring (bicyclic) bond motifs is 1. The van der Waals surface area contributed by atoms with Crippen molar-refractivity contribution in [3.8, 4) is 0 Å². The van der Waals surface area contributed by atoms with Crippen LogP contribution in [0.3, 0.4) is 0 Å². The molecule has 0 aliphatic carbocycles. The molecule has 98 valence electrons. The van der Waals surface area contributed by atoms with Crippen LogP contribution >= 0.6 is 0 Å². The molecular formula is C14H17N5. The SMILES string of the molecule is Cc1cn(N=Cc2ccc3c(c2)CCNC3)c(N)n1. The fraction of sp³-hybridized carbons (Fsp3) is 0.286. The van der Waals surface area contributed by atoms with Crippen LogP contribution in [0.15, 0.2) is 29.5 Å². The van der Waals surface area contributed by atoms with E-state index >= 15 is 0 Å². The van der Waals surface area contributed by atoms with Crippen LogP contribution in [0.1, 0.15) is 22.4 Å². The Kier molecular flexibility index (Phi) is 3.05. The van der Waals surface area contributed by atoms with E-state index in [4.69, 9.17) is 5.73 Å². The van der Waals surface area contributed by atoms with Gasteiger partial charge in [-0.05, 0) is 42.6 Å². The summed E-state index contributed by atoms with van der Waals surface area (Å²) in [4.78, 5) is 4.11. The zero-order chi connectivity index (χ0) is 13.2. The molecule has 0 fully saturated rings. The third kappa shape index (κ3) is 2.51. The third-order valence-electron chi connectivity index (χ3n) is 3.28. The van der Waals surface area contributed by atoms with Gasteiger partial charge in [0.25, 0.3) is 0 Å². The third-order valence-corrected chi connectivity index (χ3v) is 3.28. The quantitative estimate of drug-likeness (QED) is 0.795. The molecule has 5 heteroatoms. The molecule has 0 saturated carbocycles. The number of nitrogens with zero attached hydrogens (tertiary/aromatic N) is 3. The van der Waals surface area contributed by atoms with E-state index in [9.17, 15) is 0 Å². The highest BCUT2D eigenvalue weighted by atomic mass is 15.4. The minimum Gasteiger partial charge on any atom is -0.368 e. The van der Waals surface area contributed by atoms with Crippen LogP contribution in [-0.2, 0) is 13.0 Å². The van der Waals surface area contributed by atoms with Crippen LogP contribution in [0.5, 0.6) is 0 Å². The maximum absolute atomic E-state index is 5.75. The van der Waals surface area contributed by atoms with Crippen LogP contribution in [0.2, 0.25) is 0 Å². The highest BCUT2D eigenvalue weighted by Crippen LogP contribution is 2.15. The van der Waals surface area contributed by atoms with E-state index in [2.05, 4.69) is 33.6 Å². The molecule has 1 aliphatic rings. The Morgan fingerprint density at radius 2 is 2.32 bits per heavy atom. The summed E-state index contributed by atoms with van der Waals surface area (Å²) < 4.78 is 1.59. The Bertz CT molecular complexity index is 627. The Hall–Kier alpha value is -2.14. The van der Waals surface area contributed by atoms with Crippen molar-refractivity contribution in [3.63, 3.8) is 0 Å². The number of benzene rings is 1. The number of nitrogens with two attached hydrogens (primary N) is 1. The fourth-order valence-corrected chi connectivity index (χ4v) is 2.30. The smallest absolute Gasteiger partial charge is 0.221 e. The van der Waals surface area contributed by atoms with E-state index in [0.29, 0.717) is 5.95 Å². The van der Waals surface area contributed by atoms with Gasteiger partial charge in [-0.2, -0.15) is 5.10 Å². The summed E-state index contributed by atoms with van der Waals surface area (Å²) in [5.41, 5.74) is 10.5. The predicted molar refractivity (Wildman–Crippen MR) is 76.2 cm³/mol. The summed E-state index contributed by atoms with van der Waals surface area (Å²) in [6, 6.07) is 6.43. The second kappa shape index (κ2) is 4.85. The van der Waals surface area contributed by atoms with E-state index in [1.165, 1.54) is 11.1 Å². The fourth-order valence-electron chi connectivity index (χ4n) is 2.30. The molecule has 0 radical (unpaired) electrons. The molecule has 5 nitrogen and oxygen atoms in total. The largest absolute Gasteiger partial charge is 0.368 e. The lowest BCUT2D eigenvalue weighted by molar-refractivity contribution is 0.644.